The van der Waals surface area contributed by atoms with Crippen LogP contribution in [-0.2, 0) is 24.8 Å². The van der Waals surface area contributed by atoms with E-state index < -0.39 is 26.0 Å². The first-order valence-electron chi connectivity index (χ1n) is 9.00. The van der Waals surface area contributed by atoms with Crippen molar-refractivity contribution in [1.82, 2.24) is 4.31 Å². The molecule has 0 heterocycles. The Morgan fingerprint density at radius 3 is 2.20 bits per heavy atom. The van der Waals surface area contributed by atoms with Crippen LogP contribution in [0.25, 0.3) is 0 Å². The number of rotatable bonds is 9. The lowest BCUT2D eigenvalue weighted by molar-refractivity contribution is -0.116. The van der Waals surface area contributed by atoms with Crippen LogP contribution >= 0.6 is 0 Å². The van der Waals surface area contributed by atoms with Crippen molar-refractivity contribution in [1.29, 1.82) is 0 Å². The van der Waals surface area contributed by atoms with Gasteiger partial charge in [-0.3, -0.25) is 9.52 Å². The second kappa shape index (κ2) is 9.45. The summed E-state index contributed by atoms with van der Waals surface area (Å²) in [7, 11) is -6.16. The lowest BCUT2D eigenvalue weighted by Crippen LogP contribution is -2.34. The maximum Gasteiger partial charge on any atom is 0.262 e. The van der Waals surface area contributed by atoms with Gasteiger partial charge in [0, 0.05) is 18.4 Å². The zero-order valence-corrected chi connectivity index (χ0v) is 18.8. The third-order valence-electron chi connectivity index (χ3n) is 4.11. The fraction of sp³-hybridized carbons (Fsp3) is 0.316. The smallest absolute Gasteiger partial charge is 0.262 e. The topological polar surface area (TPSA) is 122 Å². The molecule has 0 bridgehead atoms. The maximum atomic E-state index is 12.8. The highest BCUT2D eigenvalue weighted by atomic mass is 32.2. The number of benzene rings is 2. The van der Waals surface area contributed by atoms with Gasteiger partial charge in [0.05, 0.1) is 24.3 Å². The van der Waals surface area contributed by atoms with Crippen molar-refractivity contribution in [2.75, 3.05) is 36.5 Å². The third kappa shape index (κ3) is 6.44. The summed E-state index contributed by atoms with van der Waals surface area (Å²) in [6.45, 7) is 3.60. The number of anilines is 2. The molecule has 9 nitrogen and oxygen atoms in total. The number of carbonyl (C=O) groups excluding carboxylic acids is 1. The lowest BCUT2D eigenvalue weighted by Gasteiger charge is -2.15. The van der Waals surface area contributed by atoms with Gasteiger partial charge in [-0.25, -0.2) is 16.8 Å². The SMILES string of the molecule is CCOc1ccc(NS(=O)(=O)c2cc(NC(=O)CN(C)S(C)(=O)=O)ccc2C)cc1. The summed E-state index contributed by atoms with van der Waals surface area (Å²) < 4.78 is 57.3. The van der Waals surface area contributed by atoms with Gasteiger partial charge in [-0.1, -0.05) is 6.07 Å². The van der Waals surface area contributed by atoms with E-state index in [2.05, 4.69) is 10.0 Å². The van der Waals surface area contributed by atoms with E-state index in [1.807, 2.05) is 6.92 Å². The molecule has 0 saturated carbocycles. The van der Waals surface area contributed by atoms with Crippen molar-refractivity contribution in [3.63, 3.8) is 0 Å². The molecular weight excluding hydrogens is 430 g/mol. The molecule has 30 heavy (non-hydrogen) atoms. The predicted molar refractivity (Wildman–Crippen MR) is 116 cm³/mol. The quantitative estimate of drug-likeness (QED) is 0.597. The summed E-state index contributed by atoms with van der Waals surface area (Å²) >= 11 is 0. The normalized spacial score (nSPS) is 11.9. The van der Waals surface area contributed by atoms with Gasteiger partial charge < -0.3 is 10.1 Å². The minimum absolute atomic E-state index is 0.00866. The zero-order chi connectivity index (χ0) is 22.5. The Morgan fingerprint density at radius 1 is 1.03 bits per heavy atom. The van der Waals surface area contributed by atoms with Crippen LogP contribution in [0.4, 0.5) is 11.4 Å². The molecule has 0 aliphatic rings. The summed E-state index contributed by atoms with van der Waals surface area (Å²) in [5.74, 6) is 0.0370. The Labute approximate surface area is 177 Å². The molecule has 2 aromatic carbocycles. The van der Waals surface area contributed by atoms with E-state index in [-0.39, 0.29) is 17.1 Å². The number of aryl methyl sites for hydroxylation is 1. The van der Waals surface area contributed by atoms with Crippen LogP contribution in [0.1, 0.15) is 12.5 Å². The maximum absolute atomic E-state index is 12.8. The van der Waals surface area contributed by atoms with Gasteiger partial charge in [0.25, 0.3) is 10.0 Å². The second-order valence-electron chi connectivity index (χ2n) is 6.61. The zero-order valence-electron chi connectivity index (χ0n) is 17.2. The summed E-state index contributed by atoms with van der Waals surface area (Å²) in [6, 6.07) is 10.9. The average molecular weight is 456 g/mol. The molecule has 11 heteroatoms. The van der Waals surface area contributed by atoms with E-state index in [1.54, 1.807) is 43.3 Å². The van der Waals surface area contributed by atoms with Crippen LogP contribution < -0.4 is 14.8 Å². The number of hydrogen-bond acceptors (Lipinski definition) is 6. The van der Waals surface area contributed by atoms with E-state index in [0.717, 1.165) is 10.6 Å². The highest BCUT2D eigenvalue weighted by Crippen LogP contribution is 2.24. The highest BCUT2D eigenvalue weighted by Gasteiger charge is 2.19. The van der Waals surface area contributed by atoms with Crippen LogP contribution in [-0.4, -0.2) is 53.5 Å². The van der Waals surface area contributed by atoms with Gasteiger partial charge in [0.2, 0.25) is 15.9 Å². The largest absolute Gasteiger partial charge is 0.494 e. The van der Waals surface area contributed by atoms with Gasteiger partial charge in [-0.2, -0.15) is 4.31 Å². The number of ether oxygens (including phenoxy) is 1. The first-order chi connectivity index (χ1) is 13.9. The number of nitrogens with one attached hydrogen (secondary N) is 2. The van der Waals surface area contributed by atoms with Crippen molar-refractivity contribution < 1.29 is 26.4 Å². The van der Waals surface area contributed by atoms with Crippen molar-refractivity contribution >= 4 is 37.3 Å². The molecular formula is C19H25N3O6S2. The minimum Gasteiger partial charge on any atom is -0.494 e. The number of nitrogens with zero attached hydrogens (tertiary/aromatic N) is 1. The first-order valence-corrected chi connectivity index (χ1v) is 12.3. The minimum atomic E-state index is -3.92. The van der Waals surface area contributed by atoms with Crippen molar-refractivity contribution in [2.45, 2.75) is 18.7 Å². The summed E-state index contributed by atoms with van der Waals surface area (Å²) in [5, 5.41) is 2.52. The van der Waals surface area contributed by atoms with Gasteiger partial charge >= 0.3 is 0 Å². The number of carbonyl (C=O) groups is 1. The monoisotopic (exact) mass is 455 g/mol. The van der Waals surface area contributed by atoms with Crippen LogP contribution in [0.2, 0.25) is 0 Å². The van der Waals surface area contributed by atoms with Crippen LogP contribution in [0, 0.1) is 6.92 Å². The van der Waals surface area contributed by atoms with E-state index in [0.29, 0.717) is 23.6 Å². The standard InChI is InChI=1S/C19H25N3O6S2/c1-5-28-17-10-8-15(9-11-17)21-30(26,27)18-12-16(7-6-14(18)2)20-19(23)13-22(3)29(4,24)25/h6-12,21H,5,13H2,1-4H3,(H,20,23). The molecule has 0 atom stereocenters. The van der Waals surface area contributed by atoms with Crippen molar-refractivity contribution in [2.24, 2.45) is 0 Å². The van der Waals surface area contributed by atoms with Crippen LogP contribution in [0.3, 0.4) is 0 Å². The first kappa shape index (κ1) is 23.6. The third-order valence-corrected chi connectivity index (χ3v) is 6.90. The Hall–Kier alpha value is -2.63. The molecule has 0 radical (unpaired) electrons. The molecule has 0 aliphatic heterocycles. The Balaban J connectivity index is 2.19. The molecule has 2 aromatic rings. The fourth-order valence-electron chi connectivity index (χ4n) is 2.48. The summed E-state index contributed by atoms with van der Waals surface area (Å²) in [5.41, 5.74) is 1.08. The Kier molecular flexibility index (Phi) is 7.45. The number of likely N-dealkylation sites (N-methyl/N-ethyl adjacent to an activating group) is 1. The van der Waals surface area contributed by atoms with Gasteiger partial charge in [0.15, 0.2) is 0 Å². The molecule has 0 unspecified atom stereocenters. The lowest BCUT2D eigenvalue weighted by atomic mass is 10.2. The summed E-state index contributed by atoms with van der Waals surface area (Å²) in [6.07, 6.45) is 0.990. The molecule has 2 rings (SSSR count). The Morgan fingerprint density at radius 2 is 1.63 bits per heavy atom. The fourth-order valence-corrected chi connectivity index (χ4v) is 4.17. The second-order valence-corrected chi connectivity index (χ2v) is 10.4. The molecule has 0 aromatic heterocycles. The molecule has 0 saturated heterocycles. The van der Waals surface area contributed by atoms with Gasteiger partial charge in [0.1, 0.15) is 5.75 Å². The van der Waals surface area contributed by atoms with Gasteiger partial charge in [-0.15, -0.1) is 0 Å². The number of hydrogen-bond donors (Lipinski definition) is 2. The molecule has 0 fully saturated rings. The summed E-state index contributed by atoms with van der Waals surface area (Å²) in [4.78, 5) is 12.1. The number of sulfonamides is 2. The number of amides is 1. The van der Waals surface area contributed by atoms with Crippen LogP contribution in [0.5, 0.6) is 5.75 Å². The molecule has 1 amide bonds. The van der Waals surface area contributed by atoms with Crippen molar-refractivity contribution in [3.05, 3.63) is 48.0 Å². The Bertz CT molecular complexity index is 1110. The predicted octanol–water partition coefficient (Wildman–Crippen LogP) is 2.02. The van der Waals surface area contributed by atoms with Crippen LogP contribution in [0.15, 0.2) is 47.4 Å². The van der Waals surface area contributed by atoms with E-state index in [1.165, 1.54) is 13.1 Å². The molecule has 0 aliphatic carbocycles. The van der Waals surface area contributed by atoms with Gasteiger partial charge in [-0.05, 0) is 55.8 Å². The van der Waals surface area contributed by atoms with E-state index in [4.69, 9.17) is 4.74 Å². The molecule has 2 N–H and O–H groups in total. The molecule has 0 spiro atoms. The van der Waals surface area contributed by atoms with Crippen molar-refractivity contribution in [3.8, 4) is 5.75 Å². The van der Waals surface area contributed by atoms with E-state index in [9.17, 15) is 21.6 Å². The highest BCUT2D eigenvalue weighted by molar-refractivity contribution is 7.92. The van der Waals surface area contributed by atoms with E-state index >= 15 is 0 Å². The average Bonchev–Trinajstić information content (AvgIpc) is 2.64. The molecule has 164 valence electrons.